The second kappa shape index (κ2) is 5.43. The highest BCUT2D eigenvalue weighted by molar-refractivity contribution is 6.35. The van der Waals surface area contributed by atoms with Crippen LogP contribution in [0.3, 0.4) is 0 Å². The minimum Gasteiger partial charge on any atom is -0.296 e. The Bertz CT molecular complexity index is 670. The molecule has 1 saturated heterocycles. The number of hydrogen-bond acceptors (Lipinski definition) is 3. The molecule has 104 valence electrons. The van der Waals surface area contributed by atoms with Crippen LogP contribution >= 0.6 is 11.6 Å². The van der Waals surface area contributed by atoms with Gasteiger partial charge in [0.05, 0.1) is 28.2 Å². The molecule has 0 radical (unpaired) electrons. The van der Waals surface area contributed by atoms with Crippen molar-refractivity contribution in [3.05, 3.63) is 28.9 Å². The summed E-state index contributed by atoms with van der Waals surface area (Å²) in [5.41, 5.74) is 2.06. The number of hydrogen-bond donors (Lipinski definition) is 0. The number of halogens is 1. The van der Waals surface area contributed by atoms with Crippen molar-refractivity contribution in [2.24, 2.45) is 13.0 Å². The van der Waals surface area contributed by atoms with Crippen LogP contribution in [-0.2, 0) is 13.6 Å². The summed E-state index contributed by atoms with van der Waals surface area (Å²) in [6, 6.07) is 8.27. The van der Waals surface area contributed by atoms with Crippen LogP contribution in [0, 0.1) is 17.2 Å². The number of benzene rings is 1. The van der Waals surface area contributed by atoms with Crippen molar-refractivity contribution in [1.29, 1.82) is 5.26 Å². The summed E-state index contributed by atoms with van der Waals surface area (Å²) in [6.07, 6.45) is 2.09. The number of nitrogens with zero attached hydrogens (tertiary/aromatic N) is 4. The summed E-state index contributed by atoms with van der Waals surface area (Å²) in [5, 5.41) is 15.5. The summed E-state index contributed by atoms with van der Waals surface area (Å²) in [4.78, 5) is 2.31. The second-order valence-corrected chi connectivity index (χ2v) is 5.81. The lowest BCUT2D eigenvalue weighted by Gasteiger charge is -2.28. The van der Waals surface area contributed by atoms with E-state index in [1.165, 1.54) is 0 Å². The number of nitriles is 1. The van der Waals surface area contributed by atoms with Gasteiger partial charge >= 0.3 is 0 Å². The maximum atomic E-state index is 9.08. The third-order valence-electron chi connectivity index (χ3n) is 3.96. The highest BCUT2D eigenvalue weighted by Gasteiger charge is 2.21. The Hall–Kier alpha value is -1.57. The number of aromatic nitrogens is 2. The molecular formula is C15H17ClN4. The van der Waals surface area contributed by atoms with Crippen LogP contribution in [0.5, 0.6) is 0 Å². The van der Waals surface area contributed by atoms with Crippen LogP contribution in [0.4, 0.5) is 0 Å². The molecular weight excluding hydrogens is 272 g/mol. The Morgan fingerprint density at radius 3 is 3.15 bits per heavy atom. The molecule has 2 aromatic rings. The Kier molecular flexibility index (Phi) is 3.64. The molecule has 1 atom stereocenters. The average Bonchev–Trinajstić information content (AvgIpc) is 2.77. The normalized spacial score (nSPS) is 20.1. The highest BCUT2D eigenvalue weighted by Crippen LogP contribution is 2.28. The predicted octanol–water partition coefficient (Wildman–Crippen LogP) is 2.96. The summed E-state index contributed by atoms with van der Waals surface area (Å²) in [6.45, 7) is 2.62. The zero-order valence-corrected chi connectivity index (χ0v) is 12.3. The van der Waals surface area contributed by atoms with Crippen LogP contribution < -0.4 is 0 Å². The number of likely N-dealkylation sites (tertiary alicyclic amines) is 1. The maximum Gasteiger partial charge on any atom is 0.0858 e. The molecule has 5 heteroatoms. The smallest absolute Gasteiger partial charge is 0.0858 e. The molecule has 0 bridgehead atoms. The summed E-state index contributed by atoms with van der Waals surface area (Å²) in [5.74, 6) is 0.147. The van der Waals surface area contributed by atoms with Gasteiger partial charge in [-0.2, -0.15) is 10.4 Å². The van der Waals surface area contributed by atoms with E-state index in [1.54, 1.807) is 0 Å². The van der Waals surface area contributed by atoms with Crippen LogP contribution in [0.1, 0.15) is 18.5 Å². The predicted molar refractivity (Wildman–Crippen MR) is 79.3 cm³/mol. The van der Waals surface area contributed by atoms with Gasteiger partial charge in [-0.05, 0) is 31.5 Å². The summed E-state index contributed by atoms with van der Waals surface area (Å²) < 4.78 is 1.88. The number of aryl methyl sites for hydroxylation is 1. The van der Waals surface area contributed by atoms with Crippen molar-refractivity contribution in [1.82, 2.24) is 14.7 Å². The standard InChI is InChI=1S/C15H17ClN4/c1-19-14-6-2-5-12(16)15(14)13(18-19)10-20-7-3-4-11(8-17)9-20/h2,5-6,11H,3-4,7,9-10H2,1H3. The van der Waals surface area contributed by atoms with Crippen LogP contribution in [0.15, 0.2) is 18.2 Å². The van der Waals surface area contributed by atoms with Crippen molar-refractivity contribution in [2.45, 2.75) is 19.4 Å². The van der Waals surface area contributed by atoms with E-state index in [1.807, 2.05) is 29.9 Å². The molecule has 3 rings (SSSR count). The lowest BCUT2D eigenvalue weighted by atomic mass is 9.99. The zero-order valence-electron chi connectivity index (χ0n) is 11.5. The van der Waals surface area contributed by atoms with Gasteiger partial charge in [0, 0.05) is 25.5 Å². The quantitative estimate of drug-likeness (QED) is 0.853. The third kappa shape index (κ3) is 2.39. The molecule has 4 nitrogen and oxygen atoms in total. The van der Waals surface area contributed by atoms with Crippen molar-refractivity contribution >= 4 is 22.5 Å². The Labute approximate surface area is 123 Å². The monoisotopic (exact) mass is 288 g/mol. The topological polar surface area (TPSA) is 44.9 Å². The first kappa shape index (κ1) is 13.4. The van der Waals surface area contributed by atoms with E-state index in [-0.39, 0.29) is 5.92 Å². The second-order valence-electron chi connectivity index (χ2n) is 5.41. The van der Waals surface area contributed by atoms with Crippen molar-refractivity contribution < 1.29 is 0 Å². The van der Waals surface area contributed by atoms with Gasteiger partial charge in [0.15, 0.2) is 0 Å². The van der Waals surface area contributed by atoms with Gasteiger partial charge in [-0.15, -0.1) is 0 Å². The Morgan fingerprint density at radius 1 is 1.50 bits per heavy atom. The van der Waals surface area contributed by atoms with Gasteiger partial charge in [0.25, 0.3) is 0 Å². The molecule has 1 aliphatic heterocycles. The van der Waals surface area contributed by atoms with E-state index in [0.717, 1.165) is 54.1 Å². The van der Waals surface area contributed by atoms with E-state index in [2.05, 4.69) is 16.1 Å². The third-order valence-corrected chi connectivity index (χ3v) is 4.28. The molecule has 2 heterocycles. The molecule has 0 amide bonds. The fraction of sp³-hybridized carbons (Fsp3) is 0.467. The first-order valence-corrected chi connectivity index (χ1v) is 7.29. The number of fused-ring (bicyclic) bond motifs is 1. The van der Waals surface area contributed by atoms with Gasteiger partial charge in [-0.25, -0.2) is 0 Å². The summed E-state index contributed by atoms with van der Waals surface area (Å²) >= 11 is 6.32. The molecule has 1 aromatic carbocycles. The Balaban J connectivity index is 1.90. The van der Waals surface area contributed by atoms with Crippen molar-refractivity contribution in [3.8, 4) is 6.07 Å². The van der Waals surface area contributed by atoms with Crippen LogP contribution in [0.2, 0.25) is 5.02 Å². The van der Waals surface area contributed by atoms with Crippen LogP contribution in [0.25, 0.3) is 10.9 Å². The lowest BCUT2D eigenvalue weighted by Crippen LogP contribution is -2.34. The first-order valence-electron chi connectivity index (χ1n) is 6.91. The van der Waals surface area contributed by atoms with Gasteiger partial charge in [0.1, 0.15) is 0 Å². The average molecular weight is 289 g/mol. The highest BCUT2D eigenvalue weighted by atomic mass is 35.5. The minimum absolute atomic E-state index is 0.147. The number of piperidine rings is 1. The molecule has 0 aliphatic carbocycles. The fourth-order valence-electron chi connectivity index (χ4n) is 2.98. The van der Waals surface area contributed by atoms with Crippen molar-refractivity contribution in [2.75, 3.05) is 13.1 Å². The maximum absolute atomic E-state index is 9.08. The molecule has 1 aliphatic rings. The van der Waals surface area contributed by atoms with Crippen LogP contribution in [-0.4, -0.2) is 27.8 Å². The number of rotatable bonds is 2. The van der Waals surface area contributed by atoms with E-state index < -0.39 is 0 Å². The molecule has 0 saturated carbocycles. The van der Waals surface area contributed by atoms with E-state index in [4.69, 9.17) is 16.9 Å². The fourth-order valence-corrected chi connectivity index (χ4v) is 3.26. The van der Waals surface area contributed by atoms with E-state index in [0.29, 0.717) is 0 Å². The van der Waals surface area contributed by atoms with Gasteiger partial charge < -0.3 is 0 Å². The molecule has 1 unspecified atom stereocenters. The lowest BCUT2D eigenvalue weighted by molar-refractivity contribution is 0.190. The summed E-state index contributed by atoms with van der Waals surface area (Å²) in [7, 11) is 1.94. The largest absolute Gasteiger partial charge is 0.296 e. The van der Waals surface area contributed by atoms with Crippen molar-refractivity contribution in [3.63, 3.8) is 0 Å². The SMILES string of the molecule is Cn1nc(CN2CCCC(C#N)C2)c2c(Cl)cccc21. The van der Waals surface area contributed by atoms with E-state index >= 15 is 0 Å². The Morgan fingerprint density at radius 2 is 2.35 bits per heavy atom. The van der Waals surface area contributed by atoms with Gasteiger partial charge in [-0.1, -0.05) is 17.7 Å². The van der Waals surface area contributed by atoms with Gasteiger partial charge in [0.2, 0.25) is 0 Å². The zero-order chi connectivity index (χ0) is 14.1. The van der Waals surface area contributed by atoms with E-state index in [9.17, 15) is 0 Å². The molecule has 20 heavy (non-hydrogen) atoms. The molecule has 1 aromatic heterocycles. The molecule has 0 spiro atoms. The first-order chi connectivity index (χ1) is 9.69. The molecule has 0 N–H and O–H groups in total. The molecule has 1 fully saturated rings. The minimum atomic E-state index is 0.147. The van der Waals surface area contributed by atoms with Gasteiger partial charge in [-0.3, -0.25) is 9.58 Å².